The molecule has 2 rings (SSSR count). The molecule has 1 heterocycles. The Hall–Kier alpha value is -1.39. The van der Waals surface area contributed by atoms with Crippen LogP contribution in [-0.4, -0.2) is 14.8 Å². The monoisotopic (exact) mass is 208 g/mol. The first-order chi connectivity index (χ1) is 6.83. The fraction of sp³-hybridized carbons (Fsp3) is 0.111. The molecule has 4 nitrogen and oxygen atoms in total. The fourth-order valence-electron chi connectivity index (χ4n) is 1.30. The fourth-order valence-corrected chi connectivity index (χ4v) is 1.59. The quantitative estimate of drug-likeness (QED) is 0.811. The van der Waals surface area contributed by atoms with Crippen LogP contribution in [0.2, 0.25) is 5.02 Å². The maximum Gasteiger partial charge on any atom is 0.138 e. The lowest BCUT2D eigenvalue weighted by Gasteiger charge is -2.08. The first-order valence-electron chi connectivity index (χ1n) is 4.15. The highest BCUT2D eigenvalue weighted by Crippen LogP contribution is 2.22. The predicted octanol–water partition coefficient (Wildman–Crippen LogP) is 1.38. The molecule has 0 bridgehead atoms. The Kier molecular flexibility index (Phi) is 2.47. The Morgan fingerprint density at radius 1 is 1.43 bits per heavy atom. The molecule has 0 fully saturated rings. The lowest BCUT2D eigenvalue weighted by Crippen LogP contribution is -2.05. The van der Waals surface area contributed by atoms with Gasteiger partial charge in [-0.15, -0.1) is 0 Å². The third-order valence-electron chi connectivity index (χ3n) is 1.94. The van der Waals surface area contributed by atoms with Crippen molar-refractivity contribution in [1.82, 2.24) is 14.8 Å². The van der Waals surface area contributed by atoms with Gasteiger partial charge in [0.2, 0.25) is 0 Å². The van der Waals surface area contributed by atoms with Crippen molar-refractivity contribution in [3.63, 3.8) is 0 Å². The van der Waals surface area contributed by atoms with Gasteiger partial charge < -0.3 is 5.73 Å². The summed E-state index contributed by atoms with van der Waals surface area (Å²) in [6.45, 7) is 0.426. The lowest BCUT2D eigenvalue weighted by molar-refractivity contribution is 0.857. The number of benzene rings is 1. The zero-order valence-electron chi connectivity index (χ0n) is 7.39. The topological polar surface area (TPSA) is 56.7 Å². The van der Waals surface area contributed by atoms with E-state index in [9.17, 15) is 0 Å². The second-order valence-electron chi connectivity index (χ2n) is 2.79. The van der Waals surface area contributed by atoms with Gasteiger partial charge in [0.25, 0.3) is 0 Å². The molecule has 0 spiro atoms. The van der Waals surface area contributed by atoms with Crippen LogP contribution in [0.4, 0.5) is 0 Å². The van der Waals surface area contributed by atoms with E-state index in [1.54, 1.807) is 17.1 Å². The molecule has 0 unspecified atom stereocenters. The van der Waals surface area contributed by atoms with Crippen LogP contribution in [0.3, 0.4) is 0 Å². The van der Waals surface area contributed by atoms with Crippen LogP contribution in [0.15, 0.2) is 30.9 Å². The molecule has 1 aromatic heterocycles. The largest absolute Gasteiger partial charge is 0.326 e. The van der Waals surface area contributed by atoms with Gasteiger partial charge >= 0.3 is 0 Å². The molecule has 0 amide bonds. The minimum atomic E-state index is 0.426. The van der Waals surface area contributed by atoms with Gasteiger partial charge in [-0.2, -0.15) is 5.10 Å². The number of hydrogen-bond donors (Lipinski definition) is 1. The number of rotatable bonds is 2. The first kappa shape index (κ1) is 9.18. The molecule has 1 aromatic carbocycles. The van der Waals surface area contributed by atoms with E-state index in [0.717, 1.165) is 11.3 Å². The Balaban J connectivity index is 2.61. The lowest BCUT2D eigenvalue weighted by atomic mass is 10.2. The summed E-state index contributed by atoms with van der Waals surface area (Å²) in [7, 11) is 0. The first-order valence-corrected chi connectivity index (χ1v) is 4.53. The van der Waals surface area contributed by atoms with Crippen molar-refractivity contribution in [3.8, 4) is 5.69 Å². The molecule has 0 saturated carbocycles. The van der Waals surface area contributed by atoms with Gasteiger partial charge in [-0.3, -0.25) is 0 Å². The molecule has 5 heteroatoms. The number of halogens is 1. The Bertz CT molecular complexity index is 424. The Morgan fingerprint density at radius 2 is 2.29 bits per heavy atom. The second kappa shape index (κ2) is 3.77. The maximum atomic E-state index is 6.06. The van der Waals surface area contributed by atoms with Crippen LogP contribution in [-0.2, 0) is 6.54 Å². The minimum absolute atomic E-state index is 0.426. The van der Waals surface area contributed by atoms with E-state index in [4.69, 9.17) is 17.3 Å². The number of para-hydroxylation sites is 1. The van der Waals surface area contributed by atoms with Gasteiger partial charge in [0.15, 0.2) is 0 Å². The molecule has 2 N–H and O–H groups in total. The summed E-state index contributed by atoms with van der Waals surface area (Å²) in [5.41, 5.74) is 7.35. The van der Waals surface area contributed by atoms with Crippen LogP contribution in [0.1, 0.15) is 5.56 Å². The van der Waals surface area contributed by atoms with Crippen LogP contribution >= 0.6 is 11.6 Å². The van der Waals surface area contributed by atoms with E-state index in [2.05, 4.69) is 10.1 Å². The number of nitrogens with zero attached hydrogens (tertiary/aromatic N) is 3. The standard InChI is InChI=1S/C9H9ClN4/c10-8-3-1-2-7(4-11)9(8)14-6-12-5-13-14/h1-3,5-6H,4,11H2. The molecule has 0 atom stereocenters. The molecular weight excluding hydrogens is 200 g/mol. The Labute approximate surface area is 86.3 Å². The van der Waals surface area contributed by atoms with Crippen molar-refractivity contribution in [1.29, 1.82) is 0 Å². The van der Waals surface area contributed by atoms with Crippen molar-refractivity contribution in [2.75, 3.05) is 0 Å². The minimum Gasteiger partial charge on any atom is -0.326 e. The van der Waals surface area contributed by atoms with Crippen LogP contribution in [0.5, 0.6) is 0 Å². The molecular formula is C9H9ClN4. The van der Waals surface area contributed by atoms with Gasteiger partial charge in [-0.1, -0.05) is 23.7 Å². The van der Waals surface area contributed by atoms with E-state index < -0.39 is 0 Å². The van der Waals surface area contributed by atoms with Crippen molar-refractivity contribution in [2.24, 2.45) is 5.73 Å². The number of nitrogens with two attached hydrogens (primary N) is 1. The molecule has 72 valence electrons. The summed E-state index contributed by atoms with van der Waals surface area (Å²) >= 11 is 6.06. The third-order valence-corrected chi connectivity index (χ3v) is 2.24. The number of aromatic nitrogens is 3. The summed E-state index contributed by atoms with van der Waals surface area (Å²) in [5, 5.41) is 4.65. The zero-order chi connectivity index (χ0) is 9.97. The molecule has 0 radical (unpaired) electrons. The van der Waals surface area contributed by atoms with Crippen molar-refractivity contribution >= 4 is 11.6 Å². The summed E-state index contributed by atoms with van der Waals surface area (Å²) in [5.74, 6) is 0. The highest BCUT2D eigenvalue weighted by Gasteiger charge is 2.07. The SMILES string of the molecule is NCc1cccc(Cl)c1-n1cncn1. The highest BCUT2D eigenvalue weighted by atomic mass is 35.5. The van der Waals surface area contributed by atoms with Crippen molar-refractivity contribution < 1.29 is 0 Å². The van der Waals surface area contributed by atoms with E-state index in [-0.39, 0.29) is 0 Å². The smallest absolute Gasteiger partial charge is 0.138 e. The van der Waals surface area contributed by atoms with Crippen LogP contribution < -0.4 is 5.73 Å². The van der Waals surface area contributed by atoms with Gasteiger partial charge in [0.1, 0.15) is 12.7 Å². The number of hydrogen-bond acceptors (Lipinski definition) is 3. The average Bonchev–Trinajstić information content (AvgIpc) is 2.70. The van der Waals surface area contributed by atoms with Gasteiger partial charge in [0, 0.05) is 6.54 Å². The van der Waals surface area contributed by atoms with Gasteiger partial charge in [-0.05, 0) is 11.6 Å². The summed E-state index contributed by atoms with van der Waals surface area (Å²) < 4.78 is 1.62. The third kappa shape index (κ3) is 1.49. The summed E-state index contributed by atoms with van der Waals surface area (Å²) in [6.07, 6.45) is 3.06. The van der Waals surface area contributed by atoms with E-state index >= 15 is 0 Å². The summed E-state index contributed by atoms with van der Waals surface area (Å²) in [4.78, 5) is 3.87. The Morgan fingerprint density at radius 3 is 2.93 bits per heavy atom. The van der Waals surface area contributed by atoms with Crippen LogP contribution in [0, 0.1) is 0 Å². The van der Waals surface area contributed by atoms with Gasteiger partial charge in [-0.25, -0.2) is 9.67 Å². The average molecular weight is 209 g/mol. The second-order valence-corrected chi connectivity index (χ2v) is 3.20. The summed E-state index contributed by atoms with van der Waals surface area (Å²) in [6, 6.07) is 5.59. The molecule has 0 aliphatic carbocycles. The van der Waals surface area contributed by atoms with E-state index in [1.807, 2.05) is 12.1 Å². The molecule has 0 aliphatic rings. The van der Waals surface area contributed by atoms with Crippen LogP contribution in [0.25, 0.3) is 5.69 Å². The van der Waals surface area contributed by atoms with Crippen molar-refractivity contribution in [2.45, 2.75) is 6.54 Å². The van der Waals surface area contributed by atoms with E-state index in [0.29, 0.717) is 11.6 Å². The normalized spacial score (nSPS) is 10.4. The van der Waals surface area contributed by atoms with Crippen molar-refractivity contribution in [3.05, 3.63) is 41.4 Å². The highest BCUT2D eigenvalue weighted by molar-refractivity contribution is 6.32. The molecule has 2 aromatic rings. The predicted molar refractivity (Wildman–Crippen MR) is 54.3 cm³/mol. The maximum absolute atomic E-state index is 6.06. The van der Waals surface area contributed by atoms with Gasteiger partial charge in [0.05, 0.1) is 10.7 Å². The molecule has 14 heavy (non-hydrogen) atoms. The zero-order valence-corrected chi connectivity index (χ0v) is 8.15. The molecule has 0 saturated heterocycles. The van der Waals surface area contributed by atoms with E-state index in [1.165, 1.54) is 6.33 Å². The molecule has 0 aliphatic heterocycles.